The van der Waals surface area contributed by atoms with Crippen LogP contribution in [0.3, 0.4) is 0 Å². The van der Waals surface area contributed by atoms with Gasteiger partial charge in [-0.3, -0.25) is 4.98 Å². The Morgan fingerprint density at radius 2 is 1.55 bits per heavy atom. The molecule has 2 heterocycles. The van der Waals surface area contributed by atoms with Crippen LogP contribution in [-0.4, -0.2) is 53.8 Å². The van der Waals surface area contributed by atoms with Crippen LogP contribution in [0.2, 0.25) is 0 Å². The fourth-order valence-corrected chi connectivity index (χ4v) is 5.61. The molecule has 8 heteroatoms. The van der Waals surface area contributed by atoms with Gasteiger partial charge in [-0.2, -0.15) is 0 Å². The Bertz CT molecular complexity index is 1430. The van der Waals surface area contributed by atoms with E-state index in [0.717, 1.165) is 46.5 Å². The molecular weight excluding hydrogens is 552 g/mol. The van der Waals surface area contributed by atoms with E-state index in [1.807, 2.05) is 79.9 Å². The number of pyridine rings is 1. The number of hydrogen-bond acceptors (Lipinski definition) is 6. The summed E-state index contributed by atoms with van der Waals surface area (Å²) in [4.78, 5) is 18.7. The minimum absolute atomic E-state index is 0.00927. The minimum Gasteiger partial charge on any atom is -0.392 e. The number of rotatable bonds is 12. The quantitative estimate of drug-likeness (QED) is 0.200. The van der Waals surface area contributed by atoms with Gasteiger partial charge in [-0.25, -0.2) is 4.79 Å². The number of ether oxygens (including phenoxy) is 2. The highest BCUT2D eigenvalue weighted by molar-refractivity contribution is 5.73. The Balaban J connectivity index is 1.42. The number of likely N-dealkylation sites (N-methyl/N-ethyl adjacent to an activating group) is 1. The molecule has 1 aromatic heterocycles. The SMILES string of the molecule is CCNC(=O)NCc1ccc(C2O[C@H](CN(C)CCc3ccccn3)[C@@H](c3ccccc3)[C@H](c3ccc(CO)cc3)O2)cc1. The van der Waals surface area contributed by atoms with E-state index in [4.69, 9.17) is 9.47 Å². The van der Waals surface area contributed by atoms with Gasteiger partial charge in [-0.1, -0.05) is 84.9 Å². The topological polar surface area (TPSA) is 96.0 Å². The third kappa shape index (κ3) is 8.30. The van der Waals surface area contributed by atoms with Crippen LogP contribution in [0.25, 0.3) is 0 Å². The molecule has 230 valence electrons. The Kier molecular flexibility index (Phi) is 11.1. The molecule has 2 amide bonds. The molecule has 3 N–H and O–H groups in total. The highest BCUT2D eigenvalue weighted by atomic mass is 16.7. The smallest absolute Gasteiger partial charge is 0.315 e. The number of amides is 2. The second-order valence-corrected chi connectivity index (χ2v) is 11.2. The van der Waals surface area contributed by atoms with Crippen molar-refractivity contribution in [2.45, 2.75) is 50.9 Å². The van der Waals surface area contributed by atoms with Gasteiger partial charge in [0.15, 0.2) is 6.29 Å². The number of urea groups is 1. The molecule has 1 aliphatic rings. The third-order valence-electron chi connectivity index (χ3n) is 7.98. The summed E-state index contributed by atoms with van der Waals surface area (Å²) in [7, 11) is 2.13. The summed E-state index contributed by atoms with van der Waals surface area (Å²) in [6, 6.07) is 32.3. The molecule has 0 aliphatic carbocycles. The van der Waals surface area contributed by atoms with Crippen molar-refractivity contribution >= 4 is 6.03 Å². The maximum Gasteiger partial charge on any atom is 0.315 e. The van der Waals surface area contributed by atoms with Crippen molar-refractivity contribution in [3.63, 3.8) is 0 Å². The normalized spacial score (nSPS) is 19.9. The number of benzene rings is 3. The lowest BCUT2D eigenvalue weighted by molar-refractivity contribution is -0.263. The van der Waals surface area contributed by atoms with E-state index < -0.39 is 6.29 Å². The lowest BCUT2D eigenvalue weighted by atomic mass is 9.83. The molecule has 1 fully saturated rings. The summed E-state index contributed by atoms with van der Waals surface area (Å²) in [5, 5.41) is 15.3. The minimum atomic E-state index is -0.586. The number of carbonyl (C=O) groups is 1. The van der Waals surface area contributed by atoms with E-state index in [9.17, 15) is 9.90 Å². The number of nitrogens with zero attached hydrogens (tertiary/aromatic N) is 2. The van der Waals surface area contributed by atoms with Gasteiger partial charge < -0.3 is 30.1 Å². The summed E-state index contributed by atoms with van der Waals surface area (Å²) in [6.45, 7) is 4.43. The number of nitrogens with one attached hydrogen (secondary N) is 2. The number of carbonyl (C=O) groups excluding carboxylic acids is 1. The molecule has 0 bridgehead atoms. The maximum absolute atomic E-state index is 11.9. The Labute approximate surface area is 260 Å². The molecule has 0 saturated carbocycles. The van der Waals surface area contributed by atoms with Gasteiger partial charge in [0, 0.05) is 56.0 Å². The number of aliphatic hydroxyl groups is 1. The summed E-state index contributed by atoms with van der Waals surface area (Å²) >= 11 is 0. The van der Waals surface area contributed by atoms with Gasteiger partial charge in [0.2, 0.25) is 0 Å². The summed E-state index contributed by atoms with van der Waals surface area (Å²) in [5.41, 5.74) is 6.01. The van der Waals surface area contributed by atoms with Crippen molar-refractivity contribution in [1.29, 1.82) is 0 Å². The fraction of sp³-hybridized carbons (Fsp3) is 0.333. The fourth-order valence-electron chi connectivity index (χ4n) is 5.61. The zero-order valence-corrected chi connectivity index (χ0v) is 25.4. The molecule has 5 rings (SSSR count). The second kappa shape index (κ2) is 15.6. The van der Waals surface area contributed by atoms with Gasteiger partial charge in [-0.05, 0) is 48.4 Å². The van der Waals surface area contributed by atoms with Crippen LogP contribution < -0.4 is 10.6 Å². The Morgan fingerprint density at radius 1 is 0.841 bits per heavy atom. The van der Waals surface area contributed by atoms with Crippen LogP contribution in [0.5, 0.6) is 0 Å². The zero-order valence-electron chi connectivity index (χ0n) is 25.4. The van der Waals surface area contributed by atoms with E-state index in [-0.39, 0.29) is 30.8 Å². The van der Waals surface area contributed by atoms with Crippen LogP contribution in [0.4, 0.5) is 4.79 Å². The molecule has 4 aromatic rings. The van der Waals surface area contributed by atoms with E-state index >= 15 is 0 Å². The number of hydrogen-bond donors (Lipinski definition) is 3. The van der Waals surface area contributed by atoms with E-state index in [1.165, 1.54) is 0 Å². The molecular formula is C36H42N4O4. The first-order valence-corrected chi connectivity index (χ1v) is 15.3. The number of aromatic nitrogens is 1. The van der Waals surface area contributed by atoms with Gasteiger partial charge >= 0.3 is 6.03 Å². The predicted octanol–water partition coefficient (Wildman–Crippen LogP) is 5.51. The average molecular weight is 595 g/mol. The summed E-state index contributed by atoms with van der Waals surface area (Å²) < 4.78 is 13.6. The van der Waals surface area contributed by atoms with Crippen LogP contribution in [0.15, 0.2) is 103 Å². The summed E-state index contributed by atoms with van der Waals surface area (Å²) in [6.07, 6.45) is 1.64. The maximum atomic E-state index is 11.9. The lowest BCUT2D eigenvalue weighted by Crippen LogP contribution is -2.43. The van der Waals surface area contributed by atoms with E-state index in [1.54, 1.807) is 0 Å². The third-order valence-corrected chi connectivity index (χ3v) is 7.98. The number of aliphatic hydroxyl groups excluding tert-OH is 1. The first-order chi connectivity index (χ1) is 21.5. The van der Waals surface area contributed by atoms with Crippen molar-refractivity contribution in [3.05, 3.63) is 137 Å². The van der Waals surface area contributed by atoms with Gasteiger partial charge in [0.05, 0.1) is 18.8 Å². The van der Waals surface area contributed by atoms with Crippen LogP contribution in [0, 0.1) is 0 Å². The van der Waals surface area contributed by atoms with Crippen molar-refractivity contribution < 1.29 is 19.4 Å². The molecule has 4 atom stereocenters. The highest BCUT2D eigenvalue weighted by Crippen LogP contribution is 2.47. The molecule has 0 spiro atoms. The lowest BCUT2D eigenvalue weighted by Gasteiger charge is -2.44. The monoisotopic (exact) mass is 594 g/mol. The van der Waals surface area contributed by atoms with Crippen LogP contribution in [-0.2, 0) is 29.0 Å². The first-order valence-electron chi connectivity index (χ1n) is 15.3. The van der Waals surface area contributed by atoms with Crippen molar-refractivity contribution in [2.24, 2.45) is 0 Å². The van der Waals surface area contributed by atoms with Crippen molar-refractivity contribution in [1.82, 2.24) is 20.5 Å². The largest absolute Gasteiger partial charge is 0.392 e. The Morgan fingerprint density at radius 3 is 2.23 bits per heavy atom. The molecule has 8 nitrogen and oxygen atoms in total. The van der Waals surface area contributed by atoms with Crippen LogP contribution in [0.1, 0.15) is 58.7 Å². The van der Waals surface area contributed by atoms with Gasteiger partial charge in [-0.15, -0.1) is 0 Å². The Hall–Kier alpha value is -4.08. The molecule has 1 aliphatic heterocycles. The molecule has 0 radical (unpaired) electrons. The van der Waals surface area contributed by atoms with Gasteiger partial charge in [0.25, 0.3) is 0 Å². The standard InChI is InChI=1S/C36H42N4O4/c1-3-37-36(42)39-23-26-12-18-30(19-13-26)35-43-32(24-40(2)22-20-31-11-7-8-21-38-31)33(28-9-5-4-6-10-28)34(44-35)29-16-14-27(25-41)15-17-29/h4-19,21,32-35,41H,3,20,22-25H2,1-2H3,(H2,37,39,42)/t32-,33-,34+,35?/m1/s1. The first kappa shape index (κ1) is 31.3. The molecule has 3 aromatic carbocycles. The average Bonchev–Trinajstić information content (AvgIpc) is 3.07. The van der Waals surface area contributed by atoms with E-state index in [0.29, 0.717) is 19.6 Å². The molecule has 1 saturated heterocycles. The van der Waals surface area contributed by atoms with Crippen molar-refractivity contribution in [2.75, 3.05) is 26.7 Å². The van der Waals surface area contributed by atoms with Crippen molar-refractivity contribution in [3.8, 4) is 0 Å². The zero-order chi connectivity index (χ0) is 30.7. The van der Waals surface area contributed by atoms with Gasteiger partial charge in [0.1, 0.15) is 0 Å². The van der Waals surface area contributed by atoms with Crippen LogP contribution >= 0.6 is 0 Å². The summed E-state index contributed by atoms with van der Waals surface area (Å²) in [5.74, 6) is -0.0646. The molecule has 1 unspecified atom stereocenters. The second-order valence-electron chi connectivity index (χ2n) is 11.2. The van der Waals surface area contributed by atoms with E-state index in [2.05, 4.69) is 57.9 Å². The predicted molar refractivity (Wildman–Crippen MR) is 171 cm³/mol. The highest BCUT2D eigenvalue weighted by Gasteiger charge is 2.42. The molecule has 44 heavy (non-hydrogen) atoms.